The molecule has 2 aromatic carbocycles. The monoisotopic (exact) mass is 476 g/mol. The zero-order valence-electron chi connectivity index (χ0n) is 19.2. The lowest BCUT2D eigenvalue weighted by Crippen LogP contribution is -2.22. The Morgan fingerprint density at radius 1 is 1.12 bits per heavy atom. The van der Waals surface area contributed by atoms with Gasteiger partial charge < -0.3 is 15.7 Å². The van der Waals surface area contributed by atoms with Gasteiger partial charge in [-0.25, -0.2) is 9.97 Å². The fraction of sp³-hybridized carbons (Fsp3) is 0.231. The van der Waals surface area contributed by atoms with Gasteiger partial charge in [-0.3, -0.25) is 9.59 Å². The van der Waals surface area contributed by atoms with Gasteiger partial charge in [-0.1, -0.05) is 72.4 Å². The number of benzene rings is 2. The van der Waals surface area contributed by atoms with E-state index in [-0.39, 0.29) is 24.7 Å². The Balaban J connectivity index is 1.92. The Labute approximate surface area is 203 Å². The van der Waals surface area contributed by atoms with Crippen LogP contribution < -0.4 is 5.73 Å². The standard InChI is InChI=1S/C26H28N4O3S/c1-18(30(17-32)16-22-15-28-19(2)29-25(22)27)23(13-14-31)34-26(33)24(20-9-5-3-6-10-20)21-11-7-4-8-12-21/h3-12,15,17,24,31H,13-14,16H2,1-2H3,(H2,27,28,29)/b23-18-. The molecule has 0 radical (unpaired) electrons. The van der Waals surface area contributed by atoms with E-state index in [0.29, 0.717) is 34.2 Å². The van der Waals surface area contributed by atoms with Gasteiger partial charge in [-0.15, -0.1) is 0 Å². The number of hydrogen-bond donors (Lipinski definition) is 2. The van der Waals surface area contributed by atoms with Crippen LogP contribution in [0, 0.1) is 6.92 Å². The maximum Gasteiger partial charge on any atom is 0.214 e. The Morgan fingerprint density at radius 2 is 1.71 bits per heavy atom. The summed E-state index contributed by atoms with van der Waals surface area (Å²) in [4.78, 5) is 35.9. The van der Waals surface area contributed by atoms with Crippen molar-refractivity contribution >= 4 is 29.1 Å². The number of anilines is 1. The number of carbonyl (C=O) groups is 2. The van der Waals surface area contributed by atoms with Crippen LogP contribution >= 0.6 is 11.8 Å². The topological polar surface area (TPSA) is 109 Å². The smallest absolute Gasteiger partial charge is 0.214 e. The van der Waals surface area contributed by atoms with E-state index in [9.17, 15) is 14.7 Å². The number of nitrogen functional groups attached to an aromatic ring is 1. The molecule has 0 atom stereocenters. The summed E-state index contributed by atoms with van der Waals surface area (Å²) in [6.45, 7) is 3.49. The van der Waals surface area contributed by atoms with Gasteiger partial charge in [0.15, 0.2) is 0 Å². The first-order chi connectivity index (χ1) is 16.4. The van der Waals surface area contributed by atoms with Crippen molar-refractivity contribution in [3.8, 4) is 0 Å². The molecule has 0 aliphatic rings. The second-order valence-corrected chi connectivity index (χ2v) is 8.82. The molecule has 176 valence electrons. The number of thioether (sulfide) groups is 1. The minimum absolute atomic E-state index is 0.0933. The van der Waals surface area contributed by atoms with Gasteiger partial charge in [0.2, 0.25) is 11.5 Å². The van der Waals surface area contributed by atoms with Gasteiger partial charge in [0.05, 0.1) is 12.5 Å². The molecule has 0 saturated carbocycles. The van der Waals surface area contributed by atoms with Crippen molar-refractivity contribution in [2.45, 2.75) is 32.7 Å². The van der Waals surface area contributed by atoms with Crippen LogP contribution in [-0.4, -0.2) is 38.1 Å². The highest BCUT2D eigenvalue weighted by molar-refractivity contribution is 8.17. The summed E-state index contributed by atoms with van der Waals surface area (Å²) in [5.74, 6) is 0.355. The van der Waals surface area contributed by atoms with Gasteiger partial charge in [0, 0.05) is 35.4 Å². The van der Waals surface area contributed by atoms with E-state index >= 15 is 0 Å². The zero-order chi connectivity index (χ0) is 24.5. The van der Waals surface area contributed by atoms with Crippen molar-refractivity contribution in [3.05, 3.63) is 100.0 Å². The number of hydrogen-bond acceptors (Lipinski definition) is 7. The number of aliphatic hydroxyl groups excluding tert-OH is 1. The number of aromatic nitrogens is 2. The SMILES string of the molecule is C/C(=C(\CCO)SC(=O)C(c1ccccc1)c1ccccc1)N(C=O)Cc1cnc(C)nc1N. The molecular formula is C26H28N4O3S. The number of nitrogens with two attached hydrogens (primary N) is 1. The first-order valence-electron chi connectivity index (χ1n) is 10.9. The van der Waals surface area contributed by atoms with Gasteiger partial charge in [0.25, 0.3) is 0 Å². The lowest BCUT2D eigenvalue weighted by Gasteiger charge is -2.23. The number of aryl methyl sites for hydroxylation is 1. The lowest BCUT2D eigenvalue weighted by atomic mass is 9.92. The van der Waals surface area contributed by atoms with Crippen molar-refractivity contribution in [3.63, 3.8) is 0 Å². The number of allylic oxidation sites excluding steroid dienone is 1. The predicted octanol–water partition coefficient (Wildman–Crippen LogP) is 4.03. The molecule has 0 aliphatic heterocycles. The molecule has 1 aromatic heterocycles. The molecule has 0 unspecified atom stereocenters. The highest BCUT2D eigenvalue weighted by Crippen LogP contribution is 2.35. The molecule has 0 aliphatic carbocycles. The van der Waals surface area contributed by atoms with E-state index in [4.69, 9.17) is 5.73 Å². The summed E-state index contributed by atoms with van der Waals surface area (Å²) in [6, 6.07) is 19.1. The molecule has 0 bridgehead atoms. The second kappa shape index (κ2) is 12.1. The maximum absolute atomic E-state index is 13.6. The van der Waals surface area contributed by atoms with Crippen molar-refractivity contribution in [2.75, 3.05) is 12.3 Å². The molecule has 3 aromatic rings. The van der Waals surface area contributed by atoms with Gasteiger partial charge in [-0.05, 0) is 25.0 Å². The fourth-order valence-corrected chi connectivity index (χ4v) is 4.65. The quantitative estimate of drug-likeness (QED) is 0.425. The van der Waals surface area contributed by atoms with Crippen LogP contribution in [-0.2, 0) is 16.1 Å². The second-order valence-electron chi connectivity index (χ2n) is 7.72. The summed E-state index contributed by atoms with van der Waals surface area (Å²) < 4.78 is 0. The maximum atomic E-state index is 13.6. The molecule has 34 heavy (non-hydrogen) atoms. The minimum atomic E-state index is -0.486. The van der Waals surface area contributed by atoms with Crippen LogP contribution in [0.2, 0.25) is 0 Å². The van der Waals surface area contributed by atoms with E-state index in [1.165, 1.54) is 4.90 Å². The molecule has 0 fully saturated rings. The highest BCUT2D eigenvalue weighted by atomic mass is 32.2. The molecule has 0 saturated heterocycles. The predicted molar refractivity (Wildman–Crippen MR) is 135 cm³/mol. The van der Waals surface area contributed by atoms with E-state index in [1.807, 2.05) is 60.7 Å². The third-order valence-corrected chi connectivity index (χ3v) is 6.57. The average Bonchev–Trinajstić information content (AvgIpc) is 2.84. The molecule has 7 nitrogen and oxygen atoms in total. The van der Waals surface area contributed by atoms with Gasteiger partial charge in [0.1, 0.15) is 11.6 Å². The summed E-state index contributed by atoms with van der Waals surface area (Å²) in [6.07, 6.45) is 2.51. The van der Waals surface area contributed by atoms with Crippen LogP contribution in [0.4, 0.5) is 5.82 Å². The summed E-state index contributed by atoms with van der Waals surface area (Å²) >= 11 is 1.05. The number of nitrogens with zero attached hydrogens (tertiary/aromatic N) is 3. The van der Waals surface area contributed by atoms with Gasteiger partial charge >= 0.3 is 0 Å². The van der Waals surface area contributed by atoms with E-state index < -0.39 is 5.92 Å². The number of amides is 1. The Morgan fingerprint density at radius 3 is 2.21 bits per heavy atom. The highest BCUT2D eigenvalue weighted by Gasteiger charge is 2.25. The Kier molecular flexibility index (Phi) is 8.95. The molecule has 3 rings (SSSR count). The summed E-state index contributed by atoms with van der Waals surface area (Å²) in [5.41, 5.74) is 8.93. The molecule has 0 spiro atoms. The summed E-state index contributed by atoms with van der Waals surface area (Å²) in [7, 11) is 0. The van der Waals surface area contributed by atoms with E-state index in [1.54, 1.807) is 20.0 Å². The van der Waals surface area contributed by atoms with Crippen LogP contribution in [0.15, 0.2) is 77.5 Å². The number of aliphatic hydroxyl groups is 1. The zero-order valence-corrected chi connectivity index (χ0v) is 20.0. The van der Waals surface area contributed by atoms with Crippen molar-refractivity contribution < 1.29 is 14.7 Å². The van der Waals surface area contributed by atoms with Crippen LogP contribution in [0.5, 0.6) is 0 Å². The van der Waals surface area contributed by atoms with Crippen molar-refractivity contribution in [1.82, 2.24) is 14.9 Å². The molecule has 8 heteroatoms. The molecule has 1 amide bonds. The van der Waals surface area contributed by atoms with Gasteiger partial charge in [-0.2, -0.15) is 0 Å². The van der Waals surface area contributed by atoms with E-state index in [2.05, 4.69) is 9.97 Å². The van der Waals surface area contributed by atoms with E-state index in [0.717, 1.165) is 22.9 Å². The van der Waals surface area contributed by atoms with Crippen LogP contribution in [0.3, 0.4) is 0 Å². The number of rotatable bonds is 10. The van der Waals surface area contributed by atoms with Crippen molar-refractivity contribution in [2.24, 2.45) is 0 Å². The third kappa shape index (κ3) is 6.30. The van der Waals surface area contributed by atoms with Crippen LogP contribution in [0.1, 0.15) is 41.8 Å². The minimum Gasteiger partial charge on any atom is -0.396 e. The van der Waals surface area contributed by atoms with Crippen LogP contribution in [0.25, 0.3) is 0 Å². The molecule has 3 N–H and O–H groups in total. The average molecular weight is 477 g/mol. The third-order valence-electron chi connectivity index (χ3n) is 5.38. The number of carbonyl (C=O) groups excluding carboxylic acids is 2. The molecular weight excluding hydrogens is 448 g/mol. The first kappa shape index (κ1) is 25.1. The Hall–Kier alpha value is -3.49. The van der Waals surface area contributed by atoms with Crippen molar-refractivity contribution in [1.29, 1.82) is 0 Å². The fourth-order valence-electron chi connectivity index (χ4n) is 3.56. The largest absolute Gasteiger partial charge is 0.396 e. The Bertz CT molecular complexity index is 1110. The molecule has 1 heterocycles. The normalized spacial score (nSPS) is 11.8. The lowest BCUT2D eigenvalue weighted by molar-refractivity contribution is -0.117. The summed E-state index contributed by atoms with van der Waals surface area (Å²) in [5, 5.41) is 9.59. The first-order valence-corrected chi connectivity index (χ1v) is 11.7.